The van der Waals surface area contributed by atoms with Crippen molar-refractivity contribution in [2.24, 2.45) is 5.73 Å². The average molecular weight is 474 g/mol. The second kappa shape index (κ2) is 9.31. The molecule has 1 amide bonds. The highest BCUT2D eigenvalue weighted by Gasteiger charge is 2.34. The zero-order valence-electron chi connectivity index (χ0n) is 18.7. The fourth-order valence-corrected chi connectivity index (χ4v) is 4.27. The number of nitrogens with two attached hydrogens (primary N) is 1. The van der Waals surface area contributed by atoms with E-state index >= 15 is 0 Å². The maximum absolute atomic E-state index is 13.2. The zero-order valence-corrected chi connectivity index (χ0v) is 18.7. The molecule has 2 aliphatic rings. The van der Waals surface area contributed by atoms with Crippen LogP contribution in [-0.2, 0) is 32.2 Å². The molecule has 0 bridgehead atoms. The molecule has 0 unspecified atom stereocenters. The molecule has 0 saturated heterocycles. The lowest BCUT2D eigenvalue weighted by Crippen LogP contribution is -2.32. The lowest BCUT2D eigenvalue weighted by molar-refractivity contribution is -0.157. The van der Waals surface area contributed by atoms with Crippen LogP contribution in [0.4, 0.5) is 0 Å². The summed E-state index contributed by atoms with van der Waals surface area (Å²) in [6.45, 7) is 0.382. The molecular weight excluding hydrogens is 452 g/mol. The number of carbonyl (C=O) groups excluding carboxylic acids is 2. The maximum Gasteiger partial charge on any atom is 0.340 e. The van der Waals surface area contributed by atoms with E-state index in [0.29, 0.717) is 24.4 Å². The molecule has 0 radical (unpaired) electrons. The van der Waals surface area contributed by atoms with Crippen LogP contribution in [0.3, 0.4) is 0 Å². The smallest absolute Gasteiger partial charge is 0.340 e. The Balaban J connectivity index is 1.50. The molecule has 0 fully saturated rings. The number of aromatic nitrogens is 2. The van der Waals surface area contributed by atoms with Crippen LogP contribution in [-0.4, -0.2) is 46.4 Å². The van der Waals surface area contributed by atoms with Gasteiger partial charge in [-0.1, -0.05) is 30.0 Å². The summed E-state index contributed by atoms with van der Waals surface area (Å²) in [5.74, 6) is 5.25. The first-order valence-electron chi connectivity index (χ1n) is 11.1. The molecule has 0 saturated carbocycles. The van der Waals surface area contributed by atoms with E-state index in [1.165, 1.54) is 0 Å². The van der Waals surface area contributed by atoms with Crippen molar-refractivity contribution in [3.63, 3.8) is 0 Å². The van der Waals surface area contributed by atoms with E-state index in [-0.39, 0.29) is 49.0 Å². The molecule has 2 aromatic heterocycles. The van der Waals surface area contributed by atoms with Gasteiger partial charge in [0, 0.05) is 28.5 Å². The van der Waals surface area contributed by atoms with Crippen LogP contribution in [0.2, 0.25) is 0 Å². The second-order valence-electron chi connectivity index (χ2n) is 8.10. The van der Waals surface area contributed by atoms with Gasteiger partial charge in [0.2, 0.25) is 5.91 Å². The van der Waals surface area contributed by atoms with Crippen molar-refractivity contribution in [3.05, 3.63) is 62.9 Å². The number of ether oxygens (including phenoxy) is 2. The van der Waals surface area contributed by atoms with Crippen molar-refractivity contribution in [1.29, 1.82) is 0 Å². The number of carbonyl (C=O) groups is 2. The van der Waals surface area contributed by atoms with Crippen molar-refractivity contribution in [2.45, 2.75) is 25.7 Å². The third kappa shape index (κ3) is 4.06. The number of hydrogen-bond acceptors (Lipinski definition) is 8. The Labute approximate surface area is 199 Å². The van der Waals surface area contributed by atoms with Crippen molar-refractivity contribution < 1.29 is 24.2 Å². The Hall–Kier alpha value is -4.04. The van der Waals surface area contributed by atoms with Crippen LogP contribution < -0.4 is 16.6 Å². The molecule has 178 valence electrons. The van der Waals surface area contributed by atoms with Crippen molar-refractivity contribution in [1.82, 2.24) is 14.9 Å². The number of para-hydroxylation sites is 1. The molecular formula is C25H22N4O6. The van der Waals surface area contributed by atoms with E-state index in [0.717, 1.165) is 22.0 Å². The predicted molar refractivity (Wildman–Crippen MR) is 125 cm³/mol. The number of benzene rings is 1. The van der Waals surface area contributed by atoms with E-state index in [1.54, 1.807) is 10.6 Å². The second-order valence-corrected chi connectivity index (χ2v) is 8.10. The number of rotatable bonds is 5. The van der Waals surface area contributed by atoms with Gasteiger partial charge in [-0.05, 0) is 12.1 Å². The maximum atomic E-state index is 13.2. The highest BCUT2D eigenvalue weighted by molar-refractivity contribution is 5.91. The first kappa shape index (κ1) is 22.7. The summed E-state index contributed by atoms with van der Waals surface area (Å²) in [7, 11) is 0. The van der Waals surface area contributed by atoms with Gasteiger partial charge in [-0.25, -0.2) is 9.78 Å². The van der Waals surface area contributed by atoms with Crippen molar-refractivity contribution >= 4 is 22.8 Å². The topological polar surface area (TPSA) is 146 Å². The van der Waals surface area contributed by atoms with E-state index in [4.69, 9.17) is 20.2 Å². The average Bonchev–Trinajstić information content (AvgIpc) is 3.24. The molecule has 10 nitrogen and oxygen atoms in total. The molecule has 3 aromatic rings. The fourth-order valence-electron chi connectivity index (χ4n) is 4.27. The number of fused-ring (bicyclic) bond motifs is 5. The van der Waals surface area contributed by atoms with E-state index < -0.39 is 12.1 Å². The Bertz CT molecular complexity index is 1480. The number of aliphatic hydroxyl groups is 1. The van der Waals surface area contributed by atoms with Crippen molar-refractivity contribution in [2.75, 3.05) is 19.9 Å². The lowest BCUT2D eigenvalue weighted by Gasteiger charge is -2.21. The first-order chi connectivity index (χ1) is 17.0. The Morgan fingerprint density at radius 2 is 2.14 bits per heavy atom. The van der Waals surface area contributed by atoms with Crippen LogP contribution in [0.15, 0.2) is 35.1 Å². The Kier molecular flexibility index (Phi) is 6.05. The normalized spacial score (nSPS) is 15.5. The highest BCUT2D eigenvalue weighted by Crippen LogP contribution is 2.37. The highest BCUT2D eigenvalue weighted by atomic mass is 16.5. The van der Waals surface area contributed by atoms with Gasteiger partial charge in [0.1, 0.15) is 13.3 Å². The molecule has 4 heterocycles. The van der Waals surface area contributed by atoms with E-state index in [1.807, 2.05) is 24.3 Å². The first-order valence-corrected chi connectivity index (χ1v) is 11.1. The molecule has 10 heteroatoms. The summed E-state index contributed by atoms with van der Waals surface area (Å²) >= 11 is 0. The number of amides is 1. The fraction of sp³-hybridized carbons (Fsp3) is 0.280. The number of nitrogens with zero attached hydrogens (tertiary/aromatic N) is 2. The third-order valence-electron chi connectivity index (χ3n) is 6.01. The minimum absolute atomic E-state index is 0.0618. The number of pyridine rings is 2. The van der Waals surface area contributed by atoms with Crippen LogP contribution in [0, 0.1) is 11.8 Å². The minimum Gasteiger partial charge on any atom is -0.458 e. The van der Waals surface area contributed by atoms with Crippen LogP contribution in [0.25, 0.3) is 22.3 Å². The summed E-state index contributed by atoms with van der Waals surface area (Å²) in [4.78, 5) is 41.0. The number of nitrogens with one attached hydrogen (secondary N) is 1. The molecule has 1 aromatic carbocycles. The van der Waals surface area contributed by atoms with Gasteiger partial charge in [0.25, 0.3) is 5.56 Å². The lowest BCUT2D eigenvalue weighted by atomic mass is 9.98. The van der Waals surface area contributed by atoms with Gasteiger partial charge in [0.15, 0.2) is 6.10 Å². The largest absolute Gasteiger partial charge is 0.458 e. The van der Waals surface area contributed by atoms with Crippen LogP contribution >= 0.6 is 0 Å². The summed E-state index contributed by atoms with van der Waals surface area (Å²) in [6, 6.07) is 9.22. The molecule has 5 rings (SSSR count). The van der Waals surface area contributed by atoms with E-state index in [9.17, 15) is 19.5 Å². The Morgan fingerprint density at radius 3 is 2.97 bits per heavy atom. The van der Waals surface area contributed by atoms with Gasteiger partial charge in [0.05, 0.1) is 42.2 Å². The summed E-state index contributed by atoms with van der Waals surface area (Å²) < 4.78 is 11.9. The predicted octanol–water partition coefficient (Wildman–Crippen LogP) is 0.306. The molecule has 0 aliphatic carbocycles. The summed E-state index contributed by atoms with van der Waals surface area (Å²) in [5.41, 5.74) is 8.84. The molecule has 0 spiro atoms. The van der Waals surface area contributed by atoms with Crippen LogP contribution in [0.1, 0.15) is 34.8 Å². The molecule has 4 N–H and O–H groups in total. The zero-order chi connectivity index (χ0) is 24.5. The molecule has 2 aliphatic heterocycles. The third-order valence-corrected chi connectivity index (χ3v) is 6.01. The van der Waals surface area contributed by atoms with E-state index in [2.05, 4.69) is 17.2 Å². The van der Waals surface area contributed by atoms with Gasteiger partial charge in [-0.15, -0.1) is 0 Å². The molecule has 35 heavy (non-hydrogen) atoms. The number of cyclic esters (lactones) is 1. The van der Waals surface area contributed by atoms with Gasteiger partial charge < -0.3 is 30.2 Å². The van der Waals surface area contributed by atoms with Crippen molar-refractivity contribution in [3.8, 4) is 23.2 Å². The van der Waals surface area contributed by atoms with Crippen LogP contribution in [0.5, 0.6) is 0 Å². The number of hydrogen-bond donors (Lipinski definition) is 3. The molecule has 1 atom stereocenters. The monoisotopic (exact) mass is 474 g/mol. The summed E-state index contributed by atoms with van der Waals surface area (Å²) in [6.07, 6.45) is -1.08. The number of aliphatic hydroxyl groups excluding tert-OH is 1. The van der Waals surface area contributed by atoms with Gasteiger partial charge >= 0.3 is 5.97 Å². The minimum atomic E-state index is -1.50. The Morgan fingerprint density at radius 1 is 1.31 bits per heavy atom. The SMILES string of the molecule is NCC(=O)NCOCCC#Cc1c2c(nc3ccccc13)-c1cc3c(c(=O)n1C2)COC(=O)[C@H]3O. The quantitative estimate of drug-likeness (QED) is 0.162. The number of esters is 1. The standard InChI is InChI=1S/C25H22N4O6/c26-10-21(30)27-13-34-8-4-3-5-14-15-6-1-2-7-19(15)28-22-17(14)11-29-20(22)9-16-18(24(29)32)12-35-25(33)23(16)31/h1-2,6-7,9,23,31H,4,8,10-13,26H2,(H,27,30)/t23-/m0/s1. The summed E-state index contributed by atoms with van der Waals surface area (Å²) in [5, 5.41) is 13.7. The van der Waals surface area contributed by atoms with Gasteiger partial charge in [-0.2, -0.15) is 0 Å². The van der Waals surface area contributed by atoms with Gasteiger partial charge in [-0.3, -0.25) is 9.59 Å².